The standard InChI is InChI=1S/C18H23NO2/c1-12-5-6-13-11-14-18(21)8-4-3-7-17(18,9-10-19(14)2)15(13)16(12)20/h3,5-7,14,20-21H,4,8-11H2,1-2H3/t14-,17?,18?/m0/s1. The van der Waals surface area contributed by atoms with Crippen molar-refractivity contribution in [2.24, 2.45) is 0 Å². The van der Waals surface area contributed by atoms with Crippen LogP contribution in [0, 0.1) is 6.92 Å². The van der Waals surface area contributed by atoms with Crippen molar-refractivity contribution in [1.29, 1.82) is 0 Å². The molecule has 1 saturated heterocycles. The van der Waals surface area contributed by atoms with Crippen LogP contribution in [0.15, 0.2) is 24.3 Å². The summed E-state index contributed by atoms with van der Waals surface area (Å²) >= 11 is 0. The predicted octanol–water partition coefficient (Wildman–Crippen LogP) is 2.28. The Bertz CT molecular complexity index is 638. The van der Waals surface area contributed by atoms with Gasteiger partial charge in [-0.2, -0.15) is 0 Å². The van der Waals surface area contributed by atoms with E-state index < -0.39 is 11.0 Å². The van der Waals surface area contributed by atoms with Gasteiger partial charge in [-0.05, 0) is 57.3 Å². The number of aliphatic hydroxyl groups is 1. The summed E-state index contributed by atoms with van der Waals surface area (Å²) < 4.78 is 0. The van der Waals surface area contributed by atoms with Gasteiger partial charge >= 0.3 is 0 Å². The number of hydrogen-bond acceptors (Lipinski definition) is 3. The lowest BCUT2D eigenvalue weighted by atomic mass is 9.51. The summed E-state index contributed by atoms with van der Waals surface area (Å²) in [6.45, 7) is 2.91. The van der Waals surface area contributed by atoms with Gasteiger partial charge in [-0.15, -0.1) is 0 Å². The first-order chi connectivity index (χ1) is 9.99. The number of aryl methyl sites for hydroxylation is 1. The number of phenols is 1. The van der Waals surface area contributed by atoms with Crippen molar-refractivity contribution >= 4 is 0 Å². The second-order valence-electron chi connectivity index (χ2n) is 7.05. The highest BCUT2D eigenvalue weighted by atomic mass is 16.3. The molecule has 21 heavy (non-hydrogen) atoms. The molecule has 2 aliphatic carbocycles. The predicted molar refractivity (Wildman–Crippen MR) is 82.6 cm³/mol. The van der Waals surface area contributed by atoms with Crippen molar-refractivity contribution in [2.75, 3.05) is 13.6 Å². The lowest BCUT2D eigenvalue weighted by molar-refractivity contribution is -0.132. The summed E-state index contributed by atoms with van der Waals surface area (Å²) in [5.74, 6) is 0.389. The molecule has 2 N–H and O–H groups in total. The molecule has 3 nitrogen and oxygen atoms in total. The Balaban J connectivity index is 2.05. The third kappa shape index (κ3) is 1.46. The molecule has 0 aromatic heterocycles. The van der Waals surface area contributed by atoms with Gasteiger partial charge in [0, 0.05) is 17.0 Å². The van der Waals surface area contributed by atoms with Crippen LogP contribution < -0.4 is 0 Å². The van der Waals surface area contributed by atoms with Crippen LogP contribution >= 0.6 is 0 Å². The van der Waals surface area contributed by atoms with E-state index in [0.717, 1.165) is 43.4 Å². The fourth-order valence-electron chi connectivity index (χ4n) is 4.95. The number of benzene rings is 1. The molecule has 0 amide bonds. The first-order valence-corrected chi connectivity index (χ1v) is 7.92. The van der Waals surface area contributed by atoms with Gasteiger partial charge in [-0.3, -0.25) is 0 Å². The largest absolute Gasteiger partial charge is 0.507 e. The number of rotatable bonds is 0. The van der Waals surface area contributed by atoms with Gasteiger partial charge in [0.1, 0.15) is 5.75 Å². The highest BCUT2D eigenvalue weighted by molar-refractivity contribution is 5.57. The van der Waals surface area contributed by atoms with Crippen LogP contribution in [-0.2, 0) is 11.8 Å². The number of likely N-dealkylation sites (tertiary alicyclic amines) is 1. The van der Waals surface area contributed by atoms with Gasteiger partial charge in [0.2, 0.25) is 0 Å². The highest BCUT2D eigenvalue weighted by Gasteiger charge is 2.62. The minimum absolute atomic E-state index is 0.144. The van der Waals surface area contributed by atoms with E-state index in [1.165, 1.54) is 5.56 Å². The Morgan fingerprint density at radius 2 is 2.10 bits per heavy atom. The van der Waals surface area contributed by atoms with Crippen LogP contribution in [0.2, 0.25) is 0 Å². The Kier molecular flexibility index (Phi) is 2.61. The molecule has 1 fully saturated rings. The molecule has 4 rings (SSSR count). The molecule has 1 heterocycles. The maximum Gasteiger partial charge on any atom is 0.122 e. The normalized spacial score (nSPS) is 38.0. The zero-order chi connectivity index (χ0) is 14.8. The van der Waals surface area contributed by atoms with Gasteiger partial charge in [0.25, 0.3) is 0 Å². The Morgan fingerprint density at radius 3 is 2.90 bits per heavy atom. The van der Waals surface area contributed by atoms with E-state index in [9.17, 15) is 10.2 Å². The molecule has 1 aliphatic heterocycles. The molecule has 3 atom stereocenters. The van der Waals surface area contributed by atoms with E-state index in [-0.39, 0.29) is 6.04 Å². The van der Waals surface area contributed by atoms with Crippen molar-refractivity contribution in [3.05, 3.63) is 41.0 Å². The van der Waals surface area contributed by atoms with Crippen LogP contribution in [0.5, 0.6) is 5.75 Å². The first kappa shape index (κ1) is 13.4. The van der Waals surface area contributed by atoms with Crippen LogP contribution in [0.25, 0.3) is 0 Å². The van der Waals surface area contributed by atoms with E-state index in [2.05, 4.69) is 30.2 Å². The van der Waals surface area contributed by atoms with E-state index in [1.54, 1.807) is 0 Å². The van der Waals surface area contributed by atoms with Crippen LogP contribution in [0.3, 0.4) is 0 Å². The van der Waals surface area contributed by atoms with Crippen molar-refractivity contribution in [1.82, 2.24) is 4.90 Å². The van der Waals surface area contributed by atoms with Gasteiger partial charge in [-0.1, -0.05) is 24.3 Å². The average Bonchev–Trinajstić information content (AvgIpc) is 2.46. The summed E-state index contributed by atoms with van der Waals surface area (Å²) in [5.41, 5.74) is 1.93. The van der Waals surface area contributed by atoms with E-state index in [0.29, 0.717) is 5.75 Å². The van der Waals surface area contributed by atoms with Gasteiger partial charge < -0.3 is 15.1 Å². The maximum absolute atomic E-state index is 11.6. The monoisotopic (exact) mass is 285 g/mol. The van der Waals surface area contributed by atoms with Gasteiger partial charge in [-0.25, -0.2) is 0 Å². The Hall–Kier alpha value is -1.32. The Morgan fingerprint density at radius 1 is 1.29 bits per heavy atom. The lowest BCUT2D eigenvalue weighted by Gasteiger charge is -2.61. The fourth-order valence-corrected chi connectivity index (χ4v) is 4.95. The molecule has 1 aromatic rings. The lowest BCUT2D eigenvalue weighted by Crippen LogP contribution is -2.70. The van der Waals surface area contributed by atoms with Crippen molar-refractivity contribution in [3.63, 3.8) is 0 Å². The number of fused-ring (bicyclic) bond motifs is 1. The van der Waals surface area contributed by atoms with E-state index >= 15 is 0 Å². The number of aromatic hydroxyl groups is 1. The quantitative estimate of drug-likeness (QED) is 0.719. The second-order valence-corrected chi connectivity index (χ2v) is 7.05. The molecule has 112 valence electrons. The second kappa shape index (κ2) is 4.11. The number of phenolic OH excluding ortho intramolecular Hbond substituents is 1. The summed E-state index contributed by atoms with van der Waals surface area (Å²) in [6, 6.07) is 4.28. The van der Waals surface area contributed by atoms with Crippen molar-refractivity contribution in [3.8, 4) is 5.75 Å². The molecular weight excluding hydrogens is 262 g/mol. The van der Waals surface area contributed by atoms with Crippen molar-refractivity contribution in [2.45, 2.75) is 49.7 Å². The summed E-state index contributed by atoms with van der Waals surface area (Å²) in [4.78, 5) is 2.30. The number of nitrogens with zero attached hydrogens (tertiary/aromatic N) is 1. The van der Waals surface area contributed by atoms with Gasteiger partial charge in [0.05, 0.1) is 5.60 Å². The van der Waals surface area contributed by atoms with Crippen LogP contribution in [0.1, 0.15) is 36.0 Å². The topological polar surface area (TPSA) is 43.7 Å². The fraction of sp³-hybridized carbons (Fsp3) is 0.556. The smallest absolute Gasteiger partial charge is 0.122 e. The molecular formula is C18H23NO2. The van der Waals surface area contributed by atoms with Gasteiger partial charge in [0.15, 0.2) is 0 Å². The van der Waals surface area contributed by atoms with Crippen LogP contribution in [-0.4, -0.2) is 40.3 Å². The molecule has 2 unspecified atom stereocenters. The van der Waals surface area contributed by atoms with E-state index in [1.807, 2.05) is 13.0 Å². The molecule has 0 saturated carbocycles. The third-order valence-corrected chi connectivity index (χ3v) is 6.13. The average molecular weight is 285 g/mol. The molecule has 1 aromatic carbocycles. The number of allylic oxidation sites excluding steroid dienone is 1. The third-order valence-electron chi connectivity index (χ3n) is 6.13. The summed E-state index contributed by atoms with van der Waals surface area (Å²) in [6.07, 6.45) is 7.78. The maximum atomic E-state index is 11.6. The molecule has 2 bridgehead atoms. The first-order valence-electron chi connectivity index (χ1n) is 7.92. The minimum Gasteiger partial charge on any atom is -0.507 e. The number of piperidine rings is 1. The zero-order valence-electron chi connectivity index (χ0n) is 12.8. The SMILES string of the molecule is Cc1ccc2c(c1O)C13C=CCCC1(O)[C@H](C2)N(C)CC3. The molecule has 0 radical (unpaired) electrons. The molecule has 3 heteroatoms. The number of likely N-dealkylation sites (N-methyl/N-ethyl adjacent to an activating group) is 1. The minimum atomic E-state index is -0.757. The van der Waals surface area contributed by atoms with E-state index in [4.69, 9.17) is 0 Å². The Labute approximate surface area is 125 Å². The zero-order valence-corrected chi connectivity index (χ0v) is 12.8. The summed E-state index contributed by atoms with van der Waals surface area (Å²) in [7, 11) is 2.11. The summed E-state index contributed by atoms with van der Waals surface area (Å²) in [5, 5.41) is 22.3. The number of hydrogen-bond donors (Lipinski definition) is 2. The van der Waals surface area contributed by atoms with Crippen molar-refractivity contribution < 1.29 is 10.2 Å². The highest BCUT2D eigenvalue weighted by Crippen LogP contribution is 2.57. The van der Waals surface area contributed by atoms with Crippen LogP contribution in [0.4, 0.5) is 0 Å². The molecule has 3 aliphatic rings. The molecule has 0 spiro atoms.